The minimum absolute atomic E-state index is 0.0131. The molecule has 0 atom stereocenters. The molecule has 1 amide bonds. The molecule has 3 rings (SSSR count). The molecule has 1 saturated heterocycles. The van der Waals surface area contributed by atoms with Crippen LogP contribution in [0.1, 0.15) is 5.69 Å². The van der Waals surface area contributed by atoms with E-state index in [4.69, 9.17) is 0 Å². The van der Waals surface area contributed by atoms with Crippen LogP contribution in [-0.4, -0.2) is 64.7 Å². The van der Waals surface area contributed by atoms with E-state index in [2.05, 4.69) is 14.9 Å². The van der Waals surface area contributed by atoms with Crippen molar-refractivity contribution < 1.29 is 18.0 Å². The van der Waals surface area contributed by atoms with Gasteiger partial charge in [0.2, 0.25) is 5.91 Å². The summed E-state index contributed by atoms with van der Waals surface area (Å²) < 4.78 is 39.6. The minimum atomic E-state index is -4.58. The molecule has 0 bridgehead atoms. The first kappa shape index (κ1) is 19.6. The highest BCUT2D eigenvalue weighted by Crippen LogP contribution is 2.32. The third-order valence-electron chi connectivity index (χ3n) is 4.25. The van der Waals surface area contributed by atoms with Gasteiger partial charge >= 0.3 is 6.18 Å². The Morgan fingerprint density at radius 3 is 2.41 bits per heavy atom. The second-order valence-corrected chi connectivity index (χ2v) is 7.20. The Hall–Kier alpha value is -2.13. The van der Waals surface area contributed by atoms with Gasteiger partial charge in [0.1, 0.15) is 5.69 Å². The first-order chi connectivity index (χ1) is 12.8. The molecule has 2 heterocycles. The third-order valence-corrected chi connectivity index (χ3v) is 5.08. The number of carbonyl (C=O) groups excluding carboxylic acids is 1. The predicted molar refractivity (Wildman–Crippen MR) is 97.3 cm³/mol. The number of hydrogen-bond donors (Lipinski definition) is 0. The van der Waals surface area contributed by atoms with E-state index in [0.29, 0.717) is 18.7 Å². The van der Waals surface area contributed by atoms with E-state index >= 15 is 0 Å². The molecule has 2 aromatic rings. The fourth-order valence-electron chi connectivity index (χ4n) is 2.67. The fraction of sp³-hybridized carbons (Fsp3) is 0.389. The van der Waals surface area contributed by atoms with Crippen LogP contribution in [0.15, 0.2) is 41.6 Å². The molecular weight excluding hydrogens is 377 g/mol. The standard InChI is InChI=1S/C18H19F3N4OS/c1-24-7-9-25(10-8-24)16(26)12-27-17-22-14(13-5-3-2-4-6-13)11-15(23-17)18(19,20)21/h2-6,11H,7-10,12H2,1H3. The summed E-state index contributed by atoms with van der Waals surface area (Å²) in [5.74, 6) is -0.102. The Morgan fingerprint density at radius 1 is 1.11 bits per heavy atom. The van der Waals surface area contributed by atoms with Crippen LogP contribution >= 0.6 is 11.8 Å². The van der Waals surface area contributed by atoms with Crippen LogP contribution in [0, 0.1) is 0 Å². The lowest BCUT2D eigenvalue weighted by molar-refractivity contribution is -0.141. The van der Waals surface area contributed by atoms with Gasteiger partial charge in [-0.1, -0.05) is 42.1 Å². The molecule has 9 heteroatoms. The first-order valence-corrected chi connectivity index (χ1v) is 9.42. The summed E-state index contributed by atoms with van der Waals surface area (Å²) in [6, 6.07) is 9.54. The summed E-state index contributed by atoms with van der Waals surface area (Å²) in [4.78, 5) is 24.0. The lowest BCUT2D eigenvalue weighted by atomic mass is 10.1. The van der Waals surface area contributed by atoms with Crippen LogP contribution in [0.2, 0.25) is 0 Å². The number of carbonyl (C=O) groups is 1. The SMILES string of the molecule is CN1CCN(C(=O)CSc2nc(-c3ccccc3)cc(C(F)(F)F)n2)CC1. The Labute approximate surface area is 159 Å². The van der Waals surface area contributed by atoms with Crippen LogP contribution in [0.5, 0.6) is 0 Å². The number of aromatic nitrogens is 2. The topological polar surface area (TPSA) is 49.3 Å². The summed E-state index contributed by atoms with van der Waals surface area (Å²) in [5.41, 5.74) is -0.254. The van der Waals surface area contributed by atoms with Crippen molar-refractivity contribution in [3.63, 3.8) is 0 Å². The zero-order chi connectivity index (χ0) is 19.4. The Kier molecular flexibility index (Phi) is 6.01. The summed E-state index contributed by atoms with van der Waals surface area (Å²) in [7, 11) is 1.98. The Morgan fingerprint density at radius 2 is 1.78 bits per heavy atom. The minimum Gasteiger partial charge on any atom is -0.339 e. The van der Waals surface area contributed by atoms with Crippen molar-refractivity contribution in [2.24, 2.45) is 0 Å². The second-order valence-electron chi connectivity index (χ2n) is 6.26. The van der Waals surface area contributed by atoms with Gasteiger partial charge in [-0.05, 0) is 13.1 Å². The van der Waals surface area contributed by atoms with Gasteiger partial charge in [-0.2, -0.15) is 13.2 Å². The van der Waals surface area contributed by atoms with Crippen molar-refractivity contribution in [1.29, 1.82) is 0 Å². The number of halogens is 3. The van der Waals surface area contributed by atoms with Gasteiger partial charge in [-0.25, -0.2) is 9.97 Å². The van der Waals surface area contributed by atoms with Crippen molar-refractivity contribution in [3.05, 3.63) is 42.1 Å². The zero-order valence-corrected chi connectivity index (χ0v) is 15.6. The van der Waals surface area contributed by atoms with Crippen molar-refractivity contribution in [2.75, 3.05) is 39.0 Å². The maximum Gasteiger partial charge on any atom is 0.433 e. The predicted octanol–water partition coefficient (Wildman–Crippen LogP) is 3.03. The third kappa shape index (κ3) is 5.20. The summed E-state index contributed by atoms with van der Waals surface area (Å²) in [6.45, 7) is 2.81. The lowest BCUT2D eigenvalue weighted by Gasteiger charge is -2.32. The van der Waals surface area contributed by atoms with Crippen molar-refractivity contribution in [3.8, 4) is 11.3 Å². The lowest BCUT2D eigenvalue weighted by Crippen LogP contribution is -2.47. The van der Waals surface area contributed by atoms with Crippen LogP contribution < -0.4 is 0 Å². The number of piperazine rings is 1. The largest absolute Gasteiger partial charge is 0.433 e. The molecule has 144 valence electrons. The van der Waals surface area contributed by atoms with E-state index in [9.17, 15) is 18.0 Å². The van der Waals surface area contributed by atoms with Gasteiger partial charge in [0.25, 0.3) is 0 Å². The van der Waals surface area contributed by atoms with Gasteiger partial charge in [-0.3, -0.25) is 4.79 Å². The van der Waals surface area contributed by atoms with E-state index < -0.39 is 11.9 Å². The Bertz CT molecular complexity index is 793. The van der Waals surface area contributed by atoms with Gasteiger partial charge < -0.3 is 9.80 Å². The molecule has 0 radical (unpaired) electrons. The van der Waals surface area contributed by atoms with Crippen LogP contribution in [0.4, 0.5) is 13.2 Å². The first-order valence-electron chi connectivity index (χ1n) is 8.44. The molecule has 0 spiro atoms. The van der Waals surface area contributed by atoms with E-state index in [0.717, 1.165) is 30.9 Å². The molecule has 0 N–H and O–H groups in total. The molecule has 1 aliphatic heterocycles. The van der Waals surface area contributed by atoms with Crippen LogP contribution in [0.25, 0.3) is 11.3 Å². The maximum atomic E-state index is 13.2. The molecule has 0 unspecified atom stereocenters. The smallest absolute Gasteiger partial charge is 0.339 e. The summed E-state index contributed by atoms with van der Waals surface area (Å²) in [5, 5.41) is -0.0499. The van der Waals surface area contributed by atoms with Gasteiger partial charge in [0.05, 0.1) is 11.4 Å². The summed E-state index contributed by atoms with van der Waals surface area (Å²) >= 11 is 0.935. The Balaban J connectivity index is 1.77. The molecule has 27 heavy (non-hydrogen) atoms. The highest BCUT2D eigenvalue weighted by Gasteiger charge is 2.34. The van der Waals surface area contributed by atoms with Gasteiger partial charge in [-0.15, -0.1) is 0 Å². The van der Waals surface area contributed by atoms with Crippen LogP contribution in [-0.2, 0) is 11.0 Å². The number of rotatable bonds is 4. The molecule has 1 aromatic carbocycles. The number of amides is 1. The highest BCUT2D eigenvalue weighted by molar-refractivity contribution is 7.99. The van der Waals surface area contributed by atoms with Gasteiger partial charge in [0, 0.05) is 31.7 Å². The quantitative estimate of drug-likeness (QED) is 0.587. The maximum absolute atomic E-state index is 13.2. The molecule has 5 nitrogen and oxygen atoms in total. The molecule has 0 aliphatic carbocycles. The molecular formula is C18H19F3N4OS. The van der Waals surface area contributed by atoms with Crippen molar-refractivity contribution >= 4 is 17.7 Å². The van der Waals surface area contributed by atoms with Crippen LogP contribution in [0.3, 0.4) is 0 Å². The molecule has 1 aliphatic rings. The number of nitrogens with zero attached hydrogens (tertiary/aromatic N) is 4. The number of thioether (sulfide) groups is 1. The fourth-order valence-corrected chi connectivity index (χ4v) is 3.43. The van der Waals surface area contributed by atoms with E-state index in [1.54, 1.807) is 35.2 Å². The average Bonchev–Trinajstić information content (AvgIpc) is 2.66. The summed E-state index contributed by atoms with van der Waals surface area (Å²) in [6.07, 6.45) is -4.58. The molecule has 1 aromatic heterocycles. The van der Waals surface area contributed by atoms with Crippen molar-refractivity contribution in [1.82, 2.24) is 19.8 Å². The number of alkyl halides is 3. The molecule has 0 saturated carbocycles. The highest BCUT2D eigenvalue weighted by atomic mass is 32.2. The van der Waals surface area contributed by atoms with E-state index in [1.165, 1.54) is 0 Å². The van der Waals surface area contributed by atoms with E-state index in [1.807, 2.05) is 7.05 Å². The molecule has 1 fully saturated rings. The monoisotopic (exact) mass is 396 g/mol. The normalized spacial score (nSPS) is 15.8. The average molecular weight is 396 g/mol. The number of benzene rings is 1. The van der Waals surface area contributed by atoms with E-state index in [-0.39, 0.29) is 22.5 Å². The zero-order valence-electron chi connectivity index (χ0n) is 14.7. The van der Waals surface area contributed by atoms with Crippen molar-refractivity contribution in [2.45, 2.75) is 11.3 Å². The second kappa shape index (κ2) is 8.26. The number of hydrogen-bond acceptors (Lipinski definition) is 5. The van der Waals surface area contributed by atoms with Gasteiger partial charge in [0.15, 0.2) is 5.16 Å². The number of likely N-dealkylation sites (N-methyl/N-ethyl adjacent to an activating group) is 1.